The molecule has 0 atom stereocenters. The van der Waals surface area contributed by atoms with E-state index in [2.05, 4.69) is 31.9 Å². The molecule has 0 saturated carbocycles. The van der Waals surface area contributed by atoms with Gasteiger partial charge in [0.1, 0.15) is 24.8 Å². The molecular weight excluding hydrogens is 617 g/mol. The average molecular weight is 637 g/mol. The Bertz CT molecular complexity index is 1310. The summed E-state index contributed by atoms with van der Waals surface area (Å²) in [6.45, 7) is 0.298. The number of hydrogen-bond acceptors (Lipinski definition) is 6. The lowest BCUT2D eigenvalue weighted by Crippen LogP contribution is -2.32. The molecule has 0 aromatic heterocycles. The molecule has 36 heavy (non-hydrogen) atoms. The number of thioether (sulfide) groups is 1. The van der Waals surface area contributed by atoms with Crippen molar-refractivity contribution < 1.29 is 28.2 Å². The molecule has 1 saturated heterocycles. The largest absolute Gasteiger partial charge is 0.493 e. The predicted octanol–water partition coefficient (Wildman–Crippen LogP) is 7.05. The van der Waals surface area contributed by atoms with Gasteiger partial charge in [-0.1, -0.05) is 30.3 Å². The maximum atomic E-state index is 13.9. The molecule has 0 radical (unpaired) electrons. The zero-order valence-corrected chi connectivity index (χ0v) is 23.0. The molecule has 3 aromatic carbocycles. The summed E-state index contributed by atoms with van der Waals surface area (Å²) in [6, 6.07) is 17.1. The van der Waals surface area contributed by atoms with Crippen LogP contribution in [0.2, 0.25) is 0 Å². The van der Waals surface area contributed by atoms with Crippen molar-refractivity contribution in [3.05, 3.63) is 91.5 Å². The lowest BCUT2D eigenvalue weighted by molar-refractivity contribution is -0.123. The molecule has 0 unspecified atom stereocenters. The summed E-state index contributed by atoms with van der Waals surface area (Å²) in [5.74, 6) is 0.877. The number of benzene rings is 3. The van der Waals surface area contributed by atoms with Crippen LogP contribution in [0, 0.1) is 5.82 Å². The predicted molar refractivity (Wildman–Crippen MR) is 144 cm³/mol. The van der Waals surface area contributed by atoms with E-state index < -0.39 is 0 Å². The highest BCUT2D eigenvalue weighted by Crippen LogP contribution is 2.38. The summed E-state index contributed by atoms with van der Waals surface area (Å²) in [5.41, 5.74) is 1.12. The van der Waals surface area contributed by atoms with Gasteiger partial charge in [-0.15, -0.1) is 0 Å². The monoisotopic (exact) mass is 635 g/mol. The number of carbonyl (C=O) groups is 2. The first kappa shape index (κ1) is 26.2. The number of imide groups is 1. The molecule has 1 fully saturated rings. The van der Waals surface area contributed by atoms with E-state index in [9.17, 15) is 14.0 Å². The molecule has 0 N–H and O–H groups in total. The normalized spacial score (nSPS) is 14.4. The van der Waals surface area contributed by atoms with E-state index in [1.165, 1.54) is 6.07 Å². The summed E-state index contributed by atoms with van der Waals surface area (Å²) in [6.07, 6.45) is 1.64. The zero-order valence-electron chi connectivity index (χ0n) is 19.0. The minimum atomic E-state index is -0.388. The van der Waals surface area contributed by atoms with E-state index in [1.54, 1.807) is 55.7 Å². The van der Waals surface area contributed by atoms with Crippen molar-refractivity contribution in [1.82, 2.24) is 4.90 Å². The van der Waals surface area contributed by atoms with Gasteiger partial charge in [0.25, 0.3) is 11.1 Å². The number of carbonyl (C=O) groups excluding carboxylic acids is 2. The van der Waals surface area contributed by atoms with Crippen molar-refractivity contribution in [3.63, 3.8) is 0 Å². The quantitative estimate of drug-likeness (QED) is 0.235. The fourth-order valence-corrected chi connectivity index (χ4v) is 5.71. The van der Waals surface area contributed by atoms with Crippen molar-refractivity contribution in [1.29, 1.82) is 0 Å². The fraction of sp³-hybridized carbons (Fsp3) is 0.154. The minimum absolute atomic E-state index is 0.0546. The number of rotatable bonds is 9. The molecule has 2 amide bonds. The third kappa shape index (κ3) is 6.11. The van der Waals surface area contributed by atoms with E-state index in [1.807, 2.05) is 12.1 Å². The number of nitrogens with zero attached hydrogens (tertiary/aromatic N) is 1. The van der Waals surface area contributed by atoms with Gasteiger partial charge in [-0.3, -0.25) is 14.5 Å². The lowest BCUT2D eigenvalue weighted by atomic mass is 10.2. The Morgan fingerprint density at radius 1 is 0.972 bits per heavy atom. The number of amides is 2. The number of hydrogen-bond donors (Lipinski definition) is 0. The molecule has 1 aliphatic heterocycles. The van der Waals surface area contributed by atoms with E-state index >= 15 is 0 Å². The molecule has 0 aliphatic carbocycles. The van der Waals surface area contributed by atoms with Gasteiger partial charge >= 0.3 is 0 Å². The van der Waals surface area contributed by atoms with Crippen LogP contribution in [0.5, 0.6) is 17.2 Å². The summed E-state index contributed by atoms with van der Waals surface area (Å²) in [7, 11) is 1.54. The van der Waals surface area contributed by atoms with Gasteiger partial charge in [0.15, 0.2) is 11.5 Å². The molecule has 4 rings (SSSR count). The second-order valence-corrected chi connectivity index (χ2v) is 10.2. The molecule has 0 bridgehead atoms. The van der Waals surface area contributed by atoms with Crippen molar-refractivity contribution in [2.75, 3.05) is 20.3 Å². The Hall–Kier alpha value is -2.82. The highest BCUT2D eigenvalue weighted by atomic mass is 79.9. The SMILES string of the molecule is COc1ccccc1OCCN1C(=O)S/C(=C\c2cc(Br)c(OCc3ccccc3F)c(Br)c2)C1=O. The van der Waals surface area contributed by atoms with Gasteiger partial charge in [0, 0.05) is 5.56 Å². The van der Waals surface area contributed by atoms with Gasteiger partial charge in [-0.05, 0) is 85.6 Å². The number of halogens is 3. The van der Waals surface area contributed by atoms with Crippen LogP contribution in [0.4, 0.5) is 9.18 Å². The summed E-state index contributed by atoms with van der Waals surface area (Å²) < 4.78 is 31.9. The van der Waals surface area contributed by atoms with Crippen LogP contribution in [0.1, 0.15) is 11.1 Å². The third-order valence-corrected chi connectivity index (χ3v) is 7.25. The Morgan fingerprint density at radius 2 is 1.64 bits per heavy atom. The van der Waals surface area contributed by atoms with Gasteiger partial charge in [-0.2, -0.15) is 0 Å². The lowest BCUT2D eigenvalue weighted by Gasteiger charge is -2.14. The molecule has 10 heteroatoms. The van der Waals surface area contributed by atoms with Crippen molar-refractivity contribution in [3.8, 4) is 17.2 Å². The van der Waals surface area contributed by atoms with Crippen LogP contribution in [-0.4, -0.2) is 36.3 Å². The van der Waals surface area contributed by atoms with E-state index in [0.29, 0.717) is 42.2 Å². The second-order valence-electron chi connectivity index (χ2n) is 7.53. The van der Waals surface area contributed by atoms with Crippen LogP contribution in [0.25, 0.3) is 6.08 Å². The van der Waals surface area contributed by atoms with Crippen LogP contribution in [0.15, 0.2) is 74.5 Å². The number of ether oxygens (including phenoxy) is 3. The van der Waals surface area contributed by atoms with Crippen molar-refractivity contribution in [2.24, 2.45) is 0 Å². The maximum Gasteiger partial charge on any atom is 0.293 e. The summed E-state index contributed by atoms with van der Waals surface area (Å²) >= 11 is 7.82. The summed E-state index contributed by atoms with van der Waals surface area (Å²) in [4.78, 5) is 26.8. The first-order chi connectivity index (χ1) is 17.4. The molecule has 0 spiro atoms. The molecule has 1 aliphatic rings. The zero-order chi connectivity index (χ0) is 25.7. The third-order valence-electron chi connectivity index (χ3n) is 5.16. The van der Waals surface area contributed by atoms with E-state index in [0.717, 1.165) is 16.7 Å². The molecule has 6 nitrogen and oxygen atoms in total. The Balaban J connectivity index is 1.41. The van der Waals surface area contributed by atoms with Crippen LogP contribution in [0.3, 0.4) is 0 Å². The van der Waals surface area contributed by atoms with Crippen LogP contribution < -0.4 is 14.2 Å². The van der Waals surface area contributed by atoms with Gasteiger partial charge in [-0.25, -0.2) is 4.39 Å². The Kier molecular flexibility index (Phi) is 8.71. The smallest absolute Gasteiger partial charge is 0.293 e. The average Bonchev–Trinajstić information content (AvgIpc) is 3.12. The first-order valence-corrected chi connectivity index (χ1v) is 13.1. The number of para-hydroxylation sites is 2. The minimum Gasteiger partial charge on any atom is -0.493 e. The van der Waals surface area contributed by atoms with E-state index in [4.69, 9.17) is 14.2 Å². The Morgan fingerprint density at radius 3 is 2.33 bits per heavy atom. The molecule has 186 valence electrons. The topological polar surface area (TPSA) is 65.1 Å². The van der Waals surface area contributed by atoms with Gasteiger partial charge in [0.05, 0.1) is 27.5 Å². The summed E-state index contributed by atoms with van der Waals surface area (Å²) in [5, 5.41) is -0.363. The molecule has 3 aromatic rings. The van der Waals surface area contributed by atoms with Crippen LogP contribution in [-0.2, 0) is 11.4 Å². The second kappa shape index (κ2) is 11.9. The fourth-order valence-electron chi connectivity index (χ4n) is 3.40. The standard InChI is InChI=1S/C26H20Br2FNO5S/c1-33-21-8-4-5-9-22(21)34-11-10-30-25(31)23(36-26(30)32)14-16-12-18(27)24(19(28)13-16)35-15-17-6-2-3-7-20(17)29/h2-9,12-14H,10-11,15H2,1H3/b23-14-. The maximum absolute atomic E-state index is 13.9. The van der Waals surface area contributed by atoms with Crippen molar-refractivity contribution >= 4 is 60.8 Å². The first-order valence-electron chi connectivity index (χ1n) is 10.7. The van der Waals surface area contributed by atoms with Crippen molar-refractivity contribution in [2.45, 2.75) is 6.61 Å². The van der Waals surface area contributed by atoms with Gasteiger partial charge in [0.2, 0.25) is 0 Å². The number of methoxy groups -OCH3 is 1. The highest BCUT2D eigenvalue weighted by Gasteiger charge is 2.35. The van der Waals surface area contributed by atoms with Gasteiger partial charge < -0.3 is 14.2 Å². The van der Waals surface area contributed by atoms with E-state index in [-0.39, 0.29) is 36.7 Å². The van der Waals surface area contributed by atoms with Crippen LogP contribution >= 0.6 is 43.6 Å². The highest BCUT2D eigenvalue weighted by molar-refractivity contribution is 9.11. The molecular formula is C26H20Br2FNO5S. The Labute approximate surface area is 228 Å². The molecule has 1 heterocycles.